The van der Waals surface area contributed by atoms with Crippen molar-refractivity contribution in [3.05, 3.63) is 13.8 Å². The Bertz CT molecular complexity index is 58.4. The summed E-state index contributed by atoms with van der Waals surface area (Å²) in [5.74, 6) is 0. The quantitative estimate of drug-likeness (QED) is 0.386. The molecule has 0 N–H and O–H groups in total. The lowest BCUT2D eigenvalue weighted by Gasteiger charge is -2.06. The highest BCUT2D eigenvalue weighted by atomic mass is 16.5. The van der Waals surface area contributed by atoms with E-state index in [2.05, 4.69) is 13.8 Å². The maximum absolute atomic E-state index is 5.13. The Morgan fingerprint density at radius 1 is 0.636 bits per heavy atom. The van der Waals surface area contributed by atoms with E-state index in [9.17, 15) is 0 Å². The van der Waals surface area contributed by atoms with Crippen LogP contribution < -0.4 is 0 Å². The third-order valence-corrected chi connectivity index (χ3v) is 1.03. The molecule has 0 rings (SSSR count). The van der Waals surface area contributed by atoms with E-state index >= 15 is 0 Å². The topological polar surface area (TPSA) is 27.7 Å². The van der Waals surface area contributed by atoms with Crippen LogP contribution in [-0.2, 0) is 14.2 Å². The van der Waals surface area contributed by atoms with Crippen molar-refractivity contribution in [1.82, 2.24) is 0 Å². The van der Waals surface area contributed by atoms with Gasteiger partial charge in [0, 0.05) is 0 Å². The Balaban J connectivity index is 2.69. The maximum atomic E-state index is 5.13. The van der Waals surface area contributed by atoms with Crippen LogP contribution in [-0.4, -0.2) is 39.6 Å². The minimum absolute atomic E-state index is 0.499. The van der Waals surface area contributed by atoms with Crippen LogP contribution in [0, 0.1) is 13.8 Å². The van der Waals surface area contributed by atoms with Crippen molar-refractivity contribution in [3.8, 4) is 0 Å². The number of rotatable bonds is 8. The molecule has 0 aromatic heterocycles. The smallest absolute Gasteiger partial charge is 0.0700 e. The second-order valence-corrected chi connectivity index (χ2v) is 1.84. The van der Waals surface area contributed by atoms with E-state index < -0.39 is 0 Å². The van der Waals surface area contributed by atoms with E-state index in [1.165, 1.54) is 0 Å². The summed E-state index contributed by atoms with van der Waals surface area (Å²) in [4.78, 5) is 0. The zero-order valence-corrected chi connectivity index (χ0v) is 6.88. The molecule has 0 aliphatic rings. The van der Waals surface area contributed by atoms with Crippen LogP contribution in [0.4, 0.5) is 0 Å². The van der Waals surface area contributed by atoms with Crippen LogP contribution in [0.1, 0.15) is 0 Å². The Morgan fingerprint density at radius 2 is 1.00 bits per heavy atom. The second kappa shape index (κ2) is 9.88. The lowest BCUT2D eigenvalue weighted by Crippen LogP contribution is -2.09. The molecule has 68 valence electrons. The van der Waals surface area contributed by atoms with Gasteiger partial charge in [-0.3, -0.25) is 0 Å². The number of ether oxygens (including phenoxy) is 3. The molecule has 0 saturated carbocycles. The van der Waals surface area contributed by atoms with Gasteiger partial charge in [0.1, 0.15) is 0 Å². The minimum Gasteiger partial charge on any atom is -0.411 e. The molecule has 3 nitrogen and oxygen atoms in total. The lowest BCUT2D eigenvalue weighted by molar-refractivity contribution is 0.0247. The van der Waals surface area contributed by atoms with Crippen molar-refractivity contribution in [2.24, 2.45) is 0 Å². The Labute approximate surface area is 68.6 Å². The van der Waals surface area contributed by atoms with Gasteiger partial charge >= 0.3 is 0 Å². The molecule has 0 aliphatic carbocycles. The van der Waals surface area contributed by atoms with Crippen molar-refractivity contribution < 1.29 is 14.2 Å². The molecule has 3 heteroatoms. The summed E-state index contributed by atoms with van der Waals surface area (Å²) in [7, 11) is 0. The predicted octanol–water partition coefficient (Wildman–Crippen LogP) is 0.704. The van der Waals surface area contributed by atoms with Gasteiger partial charge in [0.05, 0.1) is 26.4 Å². The Hall–Kier alpha value is -0.120. The second-order valence-electron chi connectivity index (χ2n) is 1.84. The highest BCUT2D eigenvalue weighted by Crippen LogP contribution is 1.79. The van der Waals surface area contributed by atoms with Gasteiger partial charge in [-0.1, -0.05) is 13.2 Å². The fourth-order valence-electron chi connectivity index (χ4n) is 0.542. The van der Waals surface area contributed by atoms with Crippen LogP contribution >= 0.6 is 0 Å². The molecule has 0 fully saturated rings. The van der Waals surface area contributed by atoms with Crippen molar-refractivity contribution in [2.45, 2.75) is 0 Å². The highest BCUT2D eigenvalue weighted by molar-refractivity contribution is 4.35. The average molecular weight is 160 g/mol. The molecular weight excluding hydrogens is 144 g/mol. The van der Waals surface area contributed by atoms with Gasteiger partial charge in [0.15, 0.2) is 0 Å². The van der Waals surface area contributed by atoms with Crippen LogP contribution in [0.3, 0.4) is 0 Å². The van der Waals surface area contributed by atoms with Crippen LogP contribution in [0.15, 0.2) is 0 Å². The van der Waals surface area contributed by atoms with Gasteiger partial charge in [-0.05, 0) is 0 Å². The van der Waals surface area contributed by atoms with Crippen LogP contribution in [0.25, 0.3) is 0 Å². The summed E-state index contributed by atoms with van der Waals surface area (Å²) in [6.07, 6.45) is 0. The largest absolute Gasteiger partial charge is 0.411 e. The van der Waals surface area contributed by atoms with Gasteiger partial charge in [-0.15, -0.1) is 0 Å². The molecule has 0 radical (unpaired) electrons. The van der Waals surface area contributed by atoms with E-state index in [1.54, 1.807) is 0 Å². The zero-order valence-electron chi connectivity index (χ0n) is 6.88. The van der Waals surface area contributed by atoms with Crippen molar-refractivity contribution in [3.63, 3.8) is 0 Å². The average Bonchev–Trinajstić information content (AvgIpc) is 2.03. The van der Waals surface area contributed by atoms with Crippen molar-refractivity contribution in [2.75, 3.05) is 39.6 Å². The first-order valence-electron chi connectivity index (χ1n) is 3.73. The molecule has 0 aromatic rings. The lowest BCUT2D eigenvalue weighted by atomic mass is 10.7. The van der Waals surface area contributed by atoms with Crippen molar-refractivity contribution in [1.29, 1.82) is 0 Å². The van der Waals surface area contributed by atoms with Gasteiger partial charge in [0.2, 0.25) is 0 Å². The first-order valence-corrected chi connectivity index (χ1v) is 3.73. The first kappa shape index (κ1) is 10.9. The van der Waals surface area contributed by atoms with Crippen molar-refractivity contribution >= 4 is 0 Å². The molecule has 0 heterocycles. The molecule has 0 saturated heterocycles. The summed E-state index contributed by atoms with van der Waals surface area (Å²) in [5, 5.41) is 0. The number of hydrogen-bond acceptors (Lipinski definition) is 3. The van der Waals surface area contributed by atoms with E-state index in [0.29, 0.717) is 39.6 Å². The Morgan fingerprint density at radius 3 is 1.36 bits per heavy atom. The summed E-state index contributed by atoms with van der Waals surface area (Å²) in [5.41, 5.74) is 0. The maximum Gasteiger partial charge on any atom is 0.0700 e. The third-order valence-electron chi connectivity index (χ3n) is 1.03. The Kier molecular flexibility index (Phi) is 9.77. The van der Waals surface area contributed by atoms with Crippen LogP contribution in [0.5, 0.6) is 0 Å². The fourth-order valence-corrected chi connectivity index (χ4v) is 0.542. The summed E-state index contributed by atoms with van der Waals surface area (Å²) < 4.78 is 15.0. The molecule has 0 atom stereocenters. The first-order chi connectivity index (χ1) is 5.41. The molecule has 0 aliphatic heterocycles. The summed E-state index contributed by atoms with van der Waals surface area (Å²) in [6.45, 7) is 10.5. The van der Waals surface area contributed by atoms with E-state index in [-0.39, 0.29) is 0 Å². The number of hydrogen-bond donors (Lipinski definition) is 0. The normalized spacial score (nSPS) is 10.4. The molecule has 11 heavy (non-hydrogen) atoms. The van der Waals surface area contributed by atoms with E-state index in [1.807, 2.05) is 0 Å². The monoisotopic (exact) mass is 160 g/mol. The molecule has 0 unspecified atom stereocenters. The standard InChI is InChI=1S/C8H16O3/c1-3-9-5-7-11-8-6-10-4-2/h1-8H2/q-2. The highest BCUT2D eigenvalue weighted by Gasteiger charge is 1.85. The zero-order chi connectivity index (χ0) is 8.36. The molecule has 0 amide bonds. The third kappa shape index (κ3) is 9.88. The molecule has 0 spiro atoms. The predicted molar refractivity (Wildman–Crippen MR) is 43.2 cm³/mol. The molecular formula is C8H16O3-2. The SMILES string of the molecule is [CH2-]COCCOCCOC[CH2-]. The summed E-state index contributed by atoms with van der Waals surface area (Å²) >= 11 is 0. The molecule has 0 bridgehead atoms. The molecule has 0 aromatic carbocycles. The van der Waals surface area contributed by atoms with E-state index in [4.69, 9.17) is 14.2 Å². The van der Waals surface area contributed by atoms with Crippen LogP contribution in [0.2, 0.25) is 0 Å². The van der Waals surface area contributed by atoms with Gasteiger partial charge in [-0.2, -0.15) is 0 Å². The minimum atomic E-state index is 0.499. The van der Waals surface area contributed by atoms with Gasteiger partial charge in [-0.25, -0.2) is 0 Å². The fraction of sp³-hybridized carbons (Fsp3) is 0.750. The van der Waals surface area contributed by atoms with Gasteiger partial charge in [0.25, 0.3) is 0 Å². The van der Waals surface area contributed by atoms with E-state index in [0.717, 1.165) is 0 Å². The van der Waals surface area contributed by atoms with Gasteiger partial charge < -0.3 is 28.1 Å². The summed E-state index contributed by atoms with van der Waals surface area (Å²) in [6, 6.07) is 0.